The van der Waals surface area contributed by atoms with E-state index >= 15 is 0 Å². The molecule has 1 fully saturated rings. The minimum atomic E-state index is -0.616. The van der Waals surface area contributed by atoms with E-state index in [1.54, 1.807) is 6.07 Å². The quantitative estimate of drug-likeness (QED) is 0.294. The van der Waals surface area contributed by atoms with Crippen LogP contribution in [0.3, 0.4) is 0 Å². The summed E-state index contributed by atoms with van der Waals surface area (Å²) in [5.74, 6) is 1.31. The molecule has 0 saturated heterocycles. The lowest BCUT2D eigenvalue weighted by Gasteiger charge is -2.44. The number of nitrogens with one attached hydrogen (secondary N) is 1. The van der Waals surface area contributed by atoms with Crippen molar-refractivity contribution >= 4 is 5.69 Å². The Hall–Kier alpha value is -2.89. The molecule has 5 heteroatoms. The molecule has 0 radical (unpaired) electrons. The minimum Gasteiger partial charge on any atom is -0.485 e. The van der Waals surface area contributed by atoms with E-state index in [2.05, 4.69) is 41.7 Å². The van der Waals surface area contributed by atoms with Gasteiger partial charge in [0.1, 0.15) is 29.4 Å². The van der Waals surface area contributed by atoms with Crippen molar-refractivity contribution in [2.75, 3.05) is 11.9 Å². The van der Waals surface area contributed by atoms with Gasteiger partial charge in [-0.1, -0.05) is 74.6 Å². The first-order valence-corrected chi connectivity index (χ1v) is 14.1. The fraction of sp³-hybridized carbons (Fsp3) is 0.455. The number of anilines is 1. The van der Waals surface area contributed by atoms with Crippen molar-refractivity contribution in [3.63, 3.8) is 0 Å². The molecule has 0 amide bonds. The van der Waals surface area contributed by atoms with Crippen molar-refractivity contribution in [2.45, 2.75) is 83.3 Å². The maximum Gasteiger partial charge on any atom is 0.132 e. The van der Waals surface area contributed by atoms with E-state index in [9.17, 15) is 4.39 Å². The van der Waals surface area contributed by atoms with Gasteiger partial charge in [-0.3, -0.25) is 0 Å². The summed E-state index contributed by atoms with van der Waals surface area (Å²) in [7, 11) is 0. The Morgan fingerprint density at radius 1 is 0.895 bits per heavy atom. The minimum absolute atomic E-state index is 0.259. The second-order valence-corrected chi connectivity index (χ2v) is 11.2. The summed E-state index contributed by atoms with van der Waals surface area (Å²) >= 11 is 0. The number of fused-ring (bicyclic) bond motifs is 1. The molecule has 0 aromatic heterocycles. The molecule has 2 unspecified atom stereocenters. The Balaban J connectivity index is 1.36. The molecule has 4 nitrogen and oxygen atoms in total. The van der Waals surface area contributed by atoms with Gasteiger partial charge in [0.05, 0.1) is 6.61 Å². The first kappa shape index (κ1) is 26.7. The van der Waals surface area contributed by atoms with Crippen molar-refractivity contribution in [2.24, 2.45) is 5.92 Å². The van der Waals surface area contributed by atoms with E-state index in [4.69, 9.17) is 14.2 Å². The van der Waals surface area contributed by atoms with E-state index < -0.39 is 5.60 Å². The molecule has 1 heterocycles. The molecule has 0 bridgehead atoms. The highest BCUT2D eigenvalue weighted by Gasteiger charge is 2.45. The standard InChI is InChI=1S/C33H40FNO3/c1-33(2)32(37-23-26-14-9-15-27(34)20-26)31(36-19-18-24-10-5-3-6-11-24)29-21-28(16-17-30(29)38-33)35-22-25-12-7-4-8-13-25/h4,7-9,12-17,20-21,24,31-32,35H,3,5-6,10-11,18-19,22-23H2,1-2H3. The summed E-state index contributed by atoms with van der Waals surface area (Å²) in [5.41, 5.74) is 3.41. The number of rotatable bonds is 10. The zero-order chi connectivity index (χ0) is 26.4. The summed E-state index contributed by atoms with van der Waals surface area (Å²) in [4.78, 5) is 0. The molecule has 202 valence electrons. The highest BCUT2D eigenvalue weighted by molar-refractivity contribution is 5.54. The van der Waals surface area contributed by atoms with Crippen LogP contribution >= 0.6 is 0 Å². The third-order valence-corrected chi connectivity index (χ3v) is 7.86. The van der Waals surface area contributed by atoms with Gasteiger partial charge in [-0.25, -0.2) is 4.39 Å². The van der Waals surface area contributed by atoms with E-state index in [-0.39, 0.29) is 18.0 Å². The third kappa shape index (κ3) is 6.75. The molecule has 3 aromatic carbocycles. The van der Waals surface area contributed by atoms with Gasteiger partial charge in [0.25, 0.3) is 0 Å². The van der Waals surface area contributed by atoms with E-state index in [0.29, 0.717) is 13.2 Å². The predicted octanol–water partition coefficient (Wildman–Crippen LogP) is 8.22. The summed E-state index contributed by atoms with van der Waals surface area (Å²) < 4.78 is 33.5. The van der Waals surface area contributed by atoms with Gasteiger partial charge in [0.15, 0.2) is 0 Å². The average Bonchev–Trinajstić information content (AvgIpc) is 2.92. The van der Waals surface area contributed by atoms with Crippen LogP contribution in [0.25, 0.3) is 0 Å². The Bertz CT molecular complexity index is 1180. The molecule has 2 aliphatic rings. The van der Waals surface area contributed by atoms with Crippen molar-refractivity contribution in [3.05, 3.63) is 95.3 Å². The van der Waals surface area contributed by atoms with Crippen LogP contribution < -0.4 is 10.1 Å². The summed E-state index contributed by atoms with van der Waals surface area (Å²) in [6.07, 6.45) is 7.03. The highest BCUT2D eigenvalue weighted by atomic mass is 19.1. The molecule has 1 aliphatic carbocycles. The third-order valence-electron chi connectivity index (χ3n) is 7.86. The Morgan fingerprint density at radius 2 is 1.68 bits per heavy atom. The fourth-order valence-electron chi connectivity index (χ4n) is 5.76. The van der Waals surface area contributed by atoms with E-state index in [0.717, 1.165) is 41.4 Å². The van der Waals surface area contributed by atoms with Gasteiger partial charge in [-0.2, -0.15) is 0 Å². The van der Waals surface area contributed by atoms with Crippen molar-refractivity contribution in [3.8, 4) is 5.75 Å². The van der Waals surface area contributed by atoms with Crippen LogP contribution in [0.4, 0.5) is 10.1 Å². The van der Waals surface area contributed by atoms with Crippen LogP contribution in [-0.2, 0) is 22.6 Å². The van der Waals surface area contributed by atoms with Gasteiger partial charge in [0, 0.05) is 24.4 Å². The molecule has 38 heavy (non-hydrogen) atoms. The highest BCUT2D eigenvalue weighted by Crippen LogP contribution is 2.45. The fourth-order valence-corrected chi connectivity index (χ4v) is 5.76. The van der Waals surface area contributed by atoms with Crippen LogP contribution in [0, 0.1) is 11.7 Å². The van der Waals surface area contributed by atoms with Gasteiger partial charge in [-0.15, -0.1) is 0 Å². The molecule has 2 atom stereocenters. The van der Waals surface area contributed by atoms with Crippen LogP contribution in [0.1, 0.15) is 75.2 Å². The summed E-state index contributed by atoms with van der Waals surface area (Å²) in [6, 6.07) is 23.2. The first-order valence-electron chi connectivity index (χ1n) is 14.1. The predicted molar refractivity (Wildman–Crippen MR) is 150 cm³/mol. The molecule has 1 aliphatic heterocycles. The maximum absolute atomic E-state index is 13.8. The lowest BCUT2D eigenvalue weighted by atomic mass is 9.86. The first-order chi connectivity index (χ1) is 18.5. The number of halogens is 1. The van der Waals surface area contributed by atoms with Gasteiger partial charge >= 0.3 is 0 Å². The Kier molecular flexibility index (Phi) is 8.65. The number of ether oxygens (including phenoxy) is 3. The Labute approximate surface area is 226 Å². The van der Waals surface area contributed by atoms with Crippen molar-refractivity contribution in [1.29, 1.82) is 0 Å². The molecular weight excluding hydrogens is 477 g/mol. The Morgan fingerprint density at radius 3 is 2.47 bits per heavy atom. The van der Waals surface area contributed by atoms with Gasteiger partial charge < -0.3 is 19.5 Å². The number of hydrogen-bond donors (Lipinski definition) is 1. The average molecular weight is 518 g/mol. The van der Waals surface area contributed by atoms with Crippen molar-refractivity contribution in [1.82, 2.24) is 0 Å². The molecule has 1 N–H and O–H groups in total. The molecule has 0 spiro atoms. The number of hydrogen-bond acceptors (Lipinski definition) is 4. The van der Waals surface area contributed by atoms with Gasteiger partial charge in [0.2, 0.25) is 0 Å². The second kappa shape index (κ2) is 12.3. The second-order valence-electron chi connectivity index (χ2n) is 11.2. The lowest BCUT2D eigenvalue weighted by Crippen LogP contribution is -2.51. The van der Waals surface area contributed by atoms with Crippen LogP contribution in [-0.4, -0.2) is 18.3 Å². The summed E-state index contributed by atoms with van der Waals surface area (Å²) in [6.45, 7) is 5.81. The molecular formula is C33H40FNO3. The largest absolute Gasteiger partial charge is 0.485 e. The van der Waals surface area contributed by atoms with Crippen LogP contribution in [0.15, 0.2) is 72.8 Å². The lowest BCUT2D eigenvalue weighted by molar-refractivity contribution is -0.168. The zero-order valence-electron chi connectivity index (χ0n) is 22.6. The van der Waals surface area contributed by atoms with E-state index in [1.165, 1.54) is 49.8 Å². The van der Waals surface area contributed by atoms with Crippen molar-refractivity contribution < 1.29 is 18.6 Å². The van der Waals surface area contributed by atoms with E-state index in [1.807, 2.05) is 32.0 Å². The monoisotopic (exact) mass is 517 g/mol. The maximum atomic E-state index is 13.8. The molecule has 1 saturated carbocycles. The smallest absolute Gasteiger partial charge is 0.132 e. The zero-order valence-corrected chi connectivity index (χ0v) is 22.6. The summed E-state index contributed by atoms with van der Waals surface area (Å²) in [5, 5.41) is 3.55. The number of benzene rings is 3. The molecule has 3 aromatic rings. The van der Waals surface area contributed by atoms with Crippen LogP contribution in [0.2, 0.25) is 0 Å². The SMILES string of the molecule is CC1(C)Oc2ccc(NCc3ccccc3)cc2C(OCCC2CCCCC2)C1OCc1cccc(F)c1. The normalized spacial score (nSPS) is 20.9. The van der Waals surface area contributed by atoms with Gasteiger partial charge in [-0.05, 0) is 67.6 Å². The van der Waals surface area contributed by atoms with Crippen LogP contribution in [0.5, 0.6) is 5.75 Å². The molecule has 5 rings (SSSR count). The topological polar surface area (TPSA) is 39.7 Å².